The third kappa shape index (κ3) is 2.34. The molecule has 1 aliphatic heterocycles. The van der Waals surface area contributed by atoms with Gasteiger partial charge in [0, 0.05) is 19.1 Å². The number of amidine groups is 1. The molecule has 16 heavy (non-hydrogen) atoms. The van der Waals surface area contributed by atoms with Crippen LogP contribution in [0.25, 0.3) is 0 Å². The first-order valence-corrected chi connectivity index (χ1v) is 6.36. The molecule has 0 atom stereocenters. The Labute approximate surface area is 105 Å². The highest BCUT2D eigenvalue weighted by Gasteiger charge is 2.20. The number of nitrogens with zero attached hydrogens (tertiary/aromatic N) is 3. The van der Waals surface area contributed by atoms with E-state index in [1.807, 2.05) is 39.2 Å². The maximum Gasteiger partial charge on any atom is 0.180 e. The van der Waals surface area contributed by atoms with Crippen LogP contribution in [0.4, 0.5) is 5.69 Å². The Morgan fingerprint density at radius 2 is 2.12 bits per heavy atom. The molecule has 0 amide bonds. The molecular formula is C11H14ClN3S. The number of hydrogen-bond acceptors (Lipinski definition) is 3. The molecule has 0 bridgehead atoms. The summed E-state index contributed by atoms with van der Waals surface area (Å²) in [5.74, 6) is 0.946. The van der Waals surface area contributed by atoms with Gasteiger partial charge in [-0.3, -0.25) is 5.01 Å². The van der Waals surface area contributed by atoms with Gasteiger partial charge in [-0.05, 0) is 30.7 Å². The van der Waals surface area contributed by atoms with Gasteiger partial charge in [0.1, 0.15) is 0 Å². The highest BCUT2D eigenvalue weighted by molar-refractivity contribution is 8.14. The number of rotatable bonds is 1. The van der Waals surface area contributed by atoms with Crippen molar-refractivity contribution in [2.24, 2.45) is 4.99 Å². The Morgan fingerprint density at radius 3 is 2.69 bits per heavy atom. The number of benzene rings is 1. The van der Waals surface area contributed by atoms with E-state index in [0.717, 1.165) is 27.3 Å². The van der Waals surface area contributed by atoms with E-state index in [2.05, 4.69) is 15.0 Å². The number of hydrogen-bond donors (Lipinski definition) is 0. The third-order valence-corrected chi connectivity index (χ3v) is 3.90. The molecular weight excluding hydrogens is 242 g/mol. The van der Waals surface area contributed by atoms with Gasteiger partial charge >= 0.3 is 0 Å². The van der Waals surface area contributed by atoms with Gasteiger partial charge in [-0.25, -0.2) is 10.0 Å². The highest BCUT2D eigenvalue weighted by Crippen LogP contribution is 2.27. The molecule has 1 aliphatic rings. The molecule has 1 heterocycles. The molecule has 0 aliphatic carbocycles. The summed E-state index contributed by atoms with van der Waals surface area (Å²) >= 11 is 7.65. The van der Waals surface area contributed by atoms with Crippen LogP contribution < -0.4 is 0 Å². The van der Waals surface area contributed by atoms with Gasteiger partial charge in [-0.2, -0.15) is 0 Å². The Balaban J connectivity index is 2.29. The average molecular weight is 256 g/mol. The van der Waals surface area contributed by atoms with Crippen LogP contribution in [-0.4, -0.2) is 35.2 Å². The molecule has 0 unspecified atom stereocenters. The first kappa shape index (κ1) is 11.8. The van der Waals surface area contributed by atoms with Gasteiger partial charge in [-0.15, -0.1) is 0 Å². The molecule has 1 aromatic carbocycles. The van der Waals surface area contributed by atoms with Crippen LogP contribution in [-0.2, 0) is 0 Å². The normalized spacial score (nSPS) is 19.8. The number of aliphatic imine (C=N–C) groups is 1. The maximum absolute atomic E-state index is 5.91. The molecule has 0 saturated carbocycles. The molecule has 0 aromatic heterocycles. The molecule has 0 N–H and O–H groups in total. The lowest BCUT2D eigenvalue weighted by atomic mass is 10.2. The van der Waals surface area contributed by atoms with E-state index in [1.54, 1.807) is 11.8 Å². The zero-order valence-corrected chi connectivity index (χ0v) is 11.1. The van der Waals surface area contributed by atoms with Crippen LogP contribution in [0, 0.1) is 6.92 Å². The maximum atomic E-state index is 5.91. The first-order chi connectivity index (χ1) is 7.58. The molecule has 1 saturated heterocycles. The van der Waals surface area contributed by atoms with Gasteiger partial charge in [0.05, 0.1) is 11.6 Å². The van der Waals surface area contributed by atoms with Crippen molar-refractivity contribution in [2.75, 3.05) is 20.0 Å². The fourth-order valence-electron chi connectivity index (χ4n) is 1.43. The smallest absolute Gasteiger partial charge is 0.180 e. The number of thioether (sulfide) groups is 1. The monoisotopic (exact) mass is 255 g/mol. The summed E-state index contributed by atoms with van der Waals surface area (Å²) in [4.78, 5) is 4.64. The minimum Gasteiger partial charge on any atom is -0.287 e. The summed E-state index contributed by atoms with van der Waals surface area (Å²) in [6.45, 7) is 2.02. The van der Waals surface area contributed by atoms with Crippen molar-refractivity contribution in [2.45, 2.75) is 6.92 Å². The fourth-order valence-corrected chi connectivity index (χ4v) is 2.62. The van der Waals surface area contributed by atoms with Crippen molar-refractivity contribution in [3.63, 3.8) is 0 Å². The average Bonchev–Trinajstić information content (AvgIpc) is 2.54. The summed E-state index contributed by atoms with van der Waals surface area (Å²) < 4.78 is 0. The van der Waals surface area contributed by atoms with Crippen molar-refractivity contribution in [3.05, 3.63) is 28.8 Å². The minimum absolute atomic E-state index is 0.756. The quantitative estimate of drug-likeness (QED) is 0.769. The van der Waals surface area contributed by atoms with Gasteiger partial charge in [0.2, 0.25) is 0 Å². The van der Waals surface area contributed by atoms with E-state index in [9.17, 15) is 0 Å². The highest BCUT2D eigenvalue weighted by atomic mass is 35.5. The molecule has 0 spiro atoms. The van der Waals surface area contributed by atoms with Crippen LogP contribution in [0.5, 0.6) is 0 Å². The second-order valence-corrected chi connectivity index (χ2v) is 5.13. The van der Waals surface area contributed by atoms with Gasteiger partial charge < -0.3 is 0 Å². The van der Waals surface area contributed by atoms with Crippen LogP contribution >= 0.6 is 23.4 Å². The van der Waals surface area contributed by atoms with E-state index in [4.69, 9.17) is 11.6 Å². The second-order valence-electron chi connectivity index (χ2n) is 3.78. The summed E-state index contributed by atoms with van der Waals surface area (Å²) in [5, 5.41) is 5.95. The Morgan fingerprint density at radius 1 is 1.38 bits per heavy atom. The molecule has 5 heteroatoms. The predicted molar refractivity (Wildman–Crippen MR) is 71.3 cm³/mol. The van der Waals surface area contributed by atoms with E-state index >= 15 is 0 Å². The van der Waals surface area contributed by atoms with E-state index < -0.39 is 0 Å². The SMILES string of the molecule is Cc1cc(Cl)ccc1N=C1SCN(C)N1C. The zero-order chi connectivity index (χ0) is 11.7. The molecule has 1 fully saturated rings. The van der Waals surface area contributed by atoms with Crippen molar-refractivity contribution >= 4 is 34.2 Å². The van der Waals surface area contributed by atoms with Gasteiger partial charge in [-0.1, -0.05) is 23.4 Å². The predicted octanol–water partition coefficient (Wildman–Crippen LogP) is 3.12. The topological polar surface area (TPSA) is 18.8 Å². The minimum atomic E-state index is 0.756. The third-order valence-electron chi connectivity index (χ3n) is 2.54. The lowest BCUT2D eigenvalue weighted by Crippen LogP contribution is -2.31. The van der Waals surface area contributed by atoms with Crippen LogP contribution in [0.1, 0.15) is 5.56 Å². The van der Waals surface area contributed by atoms with Crippen molar-refractivity contribution in [1.29, 1.82) is 0 Å². The summed E-state index contributed by atoms with van der Waals surface area (Å²) in [6.07, 6.45) is 0. The molecule has 86 valence electrons. The number of hydrazine groups is 1. The van der Waals surface area contributed by atoms with Gasteiger partial charge in [0.25, 0.3) is 0 Å². The Hall–Kier alpha value is -0.710. The molecule has 0 radical (unpaired) electrons. The summed E-state index contributed by atoms with van der Waals surface area (Å²) in [7, 11) is 4.06. The lowest BCUT2D eigenvalue weighted by Gasteiger charge is -2.19. The fraction of sp³-hybridized carbons (Fsp3) is 0.364. The molecule has 2 rings (SSSR count). The van der Waals surface area contributed by atoms with Crippen LogP contribution in [0.15, 0.2) is 23.2 Å². The first-order valence-electron chi connectivity index (χ1n) is 5.00. The Kier molecular flexibility index (Phi) is 3.42. The second kappa shape index (κ2) is 4.65. The summed E-state index contributed by atoms with van der Waals surface area (Å²) in [6, 6.07) is 5.76. The zero-order valence-electron chi connectivity index (χ0n) is 9.57. The van der Waals surface area contributed by atoms with Gasteiger partial charge in [0.15, 0.2) is 5.17 Å². The van der Waals surface area contributed by atoms with E-state index in [1.165, 1.54) is 0 Å². The van der Waals surface area contributed by atoms with Crippen LogP contribution in [0.2, 0.25) is 5.02 Å². The standard InChI is InChI=1S/C11H14ClN3S/c1-8-6-9(12)4-5-10(8)13-11-15(3)14(2)7-16-11/h4-6H,7H2,1-3H3. The summed E-state index contributed by atoms with van der Waals surface area (Å²) in [5.41, 5.74) is 2.08. The Bertz CT molecular complexity index is 433. The van der Waals surface area contributed by atoms with Crippen molar-refractivity contribution in [1.82, 2.24) is 10.0 Å². The van der Waals surface area contributed by atoms with Crippen LogP contribution in [0.3, 0.4) is 0 Å². The van der Waals surface area contributed by atoms with E-state index in [-0.39, 0.29) is 0 Å². The lowest BCUT2D eigenvalue weighted by molar-refractivity contribution is 0.149. The molecule has 3 nitrogen and oxygen atoms in total. The largest absolute Gasteiger partial charge is 0.287 e. The number of aryl methyl sites for hydroxylation is 1. The van der Waals surface area contributed by atoms with E-state index in [0.29, 0.717) is 0 Å². The van der Waals surface area contributed by atoms with Crippen molar-refractivity contribution in [3.8, 4) is 0 Å². The number of halogens is 1. The van der Waals surface area contributed by atoms with Crippen molar-refractivity contribution < 1.29 is 0 Å². The molecule has 1 aromatic rings.